The number of nitrogens with zero attached hydrogens (tertiary/aromatic N) is 1. The van der Waals surface area contributed by atoms with Crippen molar-refractivity contribution in [3.63, 3.8) is 0 Å². The summed E-state index contributed by atoms with van der Waals surface area (Å²) in [6.07, 6.45) is 18.3. The molecule has 0 amide bonds. The average Bonchev–Trinajstić information content (AvgIpc) is 3.00. The fraction of sp³-hybridized carbons (Fsp3) is 0.812. The number of nitrogens with one attached hydrogen (secondary N) is 1. The maximum Gasteiger partial charge on any atom is 0.0919 e. The molecule has 0 bridgehead atoms. The molecule has 3 heteroatoms. The molecule has 0 aromatic carbocycles. The third-order valence-electron chi connectivity index (χ3n) is 3.56. The summed E-state index contributed by atoms with van der Waals surface area (Å²) in [5.41, 5.74) is 0. The van der Waals surface area contributed by atoms with Crippen LogP contribution in [-0.4, -0.2) is 35.1 Å². The number of aromatic nitrogens is 2. The minimum atomic E-state index is -0.519. The fourth-order valence-electron chi connectivity index (χ4n) is 2.17. The number of imidazole rings is 1. The Labute approximate surface area is 121 Å². The van der Waals surface area contributed by atoms with Crippen molar-refractivity contribution in [1.29, 1.82) is 0 Å². The van der Waals surface area contributed by atoms with Crippen molar-refractivity contribution in [1.82, 2.24) is 9.97 Å². The van der Waals surface area contributed by atoms with Crippen LogP contribution in [-0.2, 0) is 0 Å². The SMILES string of the molecule is CCCC[P+](C)(CCCC)CCCC.c1c[nH]cn1. The molecule has 1 N–H and O–H groups in total. The smallest absolute Gasteiger partial charge is 0.0919 e. The van der Waals surface area contributed by atoms with Crippen molar-refractivity contribution >= 4 is 7.26 Å². The Morgan fingerprint density at radius 3 is 1.58 bits per heavy atom. The predicted octanol–water partition coefficient (Wildman–Crippen LogP) is 5.44. The first-order valence-corrected chi connectivity index (χ1v) is 10.7. The van der Waals surface area contributed by atoms with Crippen molar-refractivity contribution in [2.75, 3.05) is 25.2 Å². The Hall–Kier alpha value is -0.360. The highest BCUT2D eigenvalue weighted by Gasteiger charge is 2.28. The molecule has 1 aromatic heterocycles. The fourth-order valence-corrected chi connectivity index (χ4v) is 6.08. The second kappa shape index (κ2) is 12.7. The summed E-state index contributed by atoms with van der Waals surface area (Å²) in [6.45, 7) is 9.59. The quantitative estimate of drug-likeness (QED) is 0.601. The molecule has 1 aromatic rings. The van der Waals surface area contributed by atoms with Gasteiger partial charge in [-0.15, -0.1) is 0 Å². The molecule has 0 saturated carbocycles. The molecule has 0 atom stereocenters. The molecule has 0 radical (unpaired) electrons. The minimum Gasteiger partial charge on any atom is -0.351 e. The number of hydrogen-bond acceptors (Lipinski definition) is 1. The van der Waals surface area contributed by atoms with Crippen molar-refractivity contribution in [3.05, 3.63) is 18.7 Å². The van der Waals surface area contributed by atoms with Crippen LogP contribution in [0.1, 0.15) is 59.3 Å². The first-order chi connectivity index (χ1) is 9.18. The lowest BCUT2D eigenvalue weighted by atomic mass is 10.4. The van der Waals surface area contributed by atoms with Gasteiger partial charge in [-0.05, 0) is 19.3 Å². The van der Waals surface area contributed by atoms with E-state index in [2.05, 4.69) is 37.4 Å². The van der Waals surface area contributed by atoms with Gasteiger partial charge in [-0.2, -0.15) is 0 Å². The van der Waals surface area contributed by atoms with E-state index in [-0.39, 0.29) is 0 Å². The normalized spacial score (nSPS) is 10.9. The Morgan fingerprint density at radius 2 is 1.37 bits per heavy atom. The zero-order chi connectivity index (χ0) is 14.4. The Kier molecular flexibility index (Phi) is 12.4. The van der Waals surface area contributed by atoms with Gasteiger partial charge in [-0.3, -0.25) is 0 Å². The van der Waals surface area contributed by atoms with Gasteiger partial charge in [0.1, 0.15) is 0 Å². The van der Waals surface area contributed by atoms with E-state index in [1.165, 1.54) is 38.5 Å². The highest BCUT2D eigenvalue weighted by atomic mass is 31.2. The molecule has 1 rings (SSSR count). The average molecular weight is 285 g/mol. The van der Waals surface area contributed by atoms with Gasteiger partial charge in [-0.1, -0.05) is 40.0 Å². The molecule has 112 valence electrons. The third-order valence-corrected chi connectivity index (χ3v) is 7.75. The maximum absolute atomic E-state index is 3.67. The molecule has 0 aliphatic carbocycles. The monoisotopic (exact) mass is 285 g/mol. The molecule has 0 saturated heterocycles. The summed E-state index contributed by atoms with van der Waals surface area (Å²) in [5.74, 6) is 0. The van der Waals surface area contributed by atoms with Gasteiger partial charge in [0, 0.05) is 26.3 Å². The zero-order valence-corrected chi connectivity index (χ0v) is 14.4. The topological polar surface area (TPSA) is 28.7 Å². The molecular formula is C16H34N2P+. The molecule has 0 unspecified atom stereocenters. The lowest BCUT2D eigenvalue weighted by molar-refractivity contribution is 0.838. The van der Waals surface area contributed by atoms with Gasteiger partial charge in [0.05, 0.1) is 24.8 Å². The third kappa shape index (κ3) is 11.2. The van der Waals surface area contributed by atoms with E-state index < -0.39 is 7.26 Å². The van der Waals surface area contributed by atoms with Crippen LogP contribution >= 0.6 is 7.26 Å². The zero-order valence-electron chi connectivity index (χ0n) is 13.5. The molecule has 2 nitrogen and oxygen atoms in total. The van der Waals surface area contributed by atoms with Crippen LogP contribution in [0.25, 0.3) is 0 Å². The number of hydrogen-bond donors (Lipinski definition) is 1. The summed E-state index contributed by atoms with van der Waals surface area (Å²) in [4.78, 5) is 6.42. The Balaban J connectivity index is 0.000000532. The van der Waals surface area contributed by atoms with Gasteiger partial charge < -0.3 is 4.98 Å². The summed E-state index contributed by atoms with van der Waals surface area (Å²) in [7, 11) is -0.519. The summed E-state index contributed by atoms with van der Waals surface area (Å²) >= 11 is 0. The van der Waals surface area contributed by atoms with Gasteiger partial charge in [0.2, 0.25) is 0 Å². The molecule has 0 fully saturated rings. The van der Waals surface area contributed by atoms with E-state index in [1.807, 2.05) is 0 Å². The van der Waals surface area contributed by atoms with E-state index in [4.69, 9.17) is 0 Å². The molecule has 0 spiro atoms. The van der Waals surface area contributed by atoms with Crippen molar-refractivity contribution in [2.45, 2.75) is 59.3 Å². The van der Waals surface area contributed by atoms with Gasteiger partial charge >= 0.3 is 0 Å². The van der Waals surface area contributed by atoms with Gasteiger partial charge in [-0.25, -0.2) is 4.98 Å². The van der Waals surface area contributed by atoms with Crippen molar-refractivity contribution in [2.24, 2.45) is 0 Å². The largest absolute Gasteiger partial charge is 0.351 e. The maximum atomic E-state index is 3.67. The number of H-pyrrole nitrogens is 1. The second-order valence-electron chi connectivity index (χ2n) is 5.61. The molecule has 0 aliphatic heterocycles. The predicted molar refractivity (Wildman–Crippen MR) is 90.8 cm³/mol. The molecule has 19 heavy (non-hydrogen) atoms. The first kappa shape index (κ1) is 18.6. The van der Waals surface area contributed by atoms with Crippen LogP contribution in [0.2, 0.25) is 0 Å². The second-order valence-corrected chi connectivity index (χ2v) is 10.2. The highest BCUT2D eigenvalue weighted by molar-refractivity contribution is 7.75. The minimum absolute atomic E-state index is 0.519. The Morgan fingerprint density at radius 1 is 0.895 bits per heavy atom. The lowest BCUT2D eigenvalue weighted by Crippen LogP contribution is -2.07. The summed E-state index contributed by atoms with van der Waals surface area (Å²) in [6, 6.07) is 0. The molecular weight excluding hydrogens is 251 g/mol. The Bertz CT molecular complexity index is 221. The first-order valence-electron chi connectivity index (χ1n) is 7.94. The van der Waals surface area contributed by atoms with Crippen LogP contribution < -0.4 is 0 Å². The van der Waals surface area contributed by atoms with Crippen LogP contribution in [0.3, 0.4) is 0 Å². The van der Waals surface area contributed by atoms with E-state index in [0.717, 1.165) is 0 Å². The van der Waals surface area contributed by atoms with E-state index in [0.29, 0.717) is 0 Å². The van der Waals surface area contributed by atoms with Crippen LogP contribution in [0, 0.1) is 0 Å². The summed E-state index contributed by atoms with van der Waals surface area (Å²) in [5, 5.41) is 0. The number of rotatable bonds is 9. The van der Waals surface area contributed by atoms with Crippen LogP contribution in [0.5, 0.6) is 0 Å². The standard InChI is InChI=1S/C13H30P.C3H4N2/c1-5-8-11-14(4,12-9-6-2)13-10-7-3;1-2-5-3-4-1/h5-13H2,1-4H3;1-3H,(H,4,5)/q+1;. The van der Waals surface area contributed by atoms with E-state index >= 15 is 0 Å². The number of unbranched alkanes of at least 4 members (excludes halogenated alkanes) is 3. The number of aromatic amines is 1. The highest BCUT2D eigenvalue weighted by Crippen LogP contribution is 2.57. The van der Waals surface area contributed by atoms with E-state index in [9.17, 15) is 0 Å². The van der Waals surface area contributed by atoms with Crippen LogP contribution in [0.15, 0.2) is 18.7 Å². The van der Waals surface area contributed by atoms with Crippen molar-refractivity contribution in [3.8, 4) is 0 Å². The molecule has 1 heterocycles. The molecule has 0 aliphatic rings. The van der Waals surface area contributed by atoms with Gasteiger partial charge in [0.15, 0.2) is 0 Å². The summed E-state index contributed by atoms with van der Waals surface area (Å²) < 4.78 is 0. The lowest BCUT2D eigenvalue weighted by Gasteiger charge is -2.22. The van der Waals surface area contributed by atoms with Gasteiger partial charge in [0.25, 0.3) is 0 Å². The van der Waals surface area contributed by atoms with Crippen molar-refractivity contribution < 1.29 is 0 Å². The van der Waals surface area contributed by atoms with Crippen LogP contribution in [0.4, 0.5) is 0 Å². The van der Waals surface area contributed by atoms with E-state index in [1.54, 1.807) is 37.2 Å².